The molecule has 1 aromatic carbocycles. The molecule has 0 atom stereocenters. The van der Waals surface area contributed by atoms with Gasteiger partial charge in [0, 0.05) is 0 Å². The fourth-order valence-corrected chi connectivity index (χ4v) is 1.86. The first kappa shape index (κ1) is 8.80. The SMILES string of the molecule is CC(C)Cc1cccc(C2CC2)c1. The zero-order valence-corrected chi connectivity index (χ0v) is 8.59. The number of rotatable bonds is 3. The highest BCUT2D eigenvalue weighted by Crippen LogP contribution is 2.40. The summed E-state index contributed by atoms with van der Waals surface area (Å²) >= 11 is 0. The smallest absolute Gasteiger partial charge is 0.0161 e. The van der Waals surface area contributed by atoms with Gasteiger partial charge in [0.15, 0.2) is 0 Å². The Bertz CT molecular complexity index is 282. The third-order valence-electron chi connectivity index (χ3n) is 2.64. The molecule has 1 aliphatic carbocycles. The van der Waals surface area contributed by atoms with Crippen molar-refractivity contribution in [3.8, 4) is 0 Å². The lowest BCUT2D eigenvalue weighted by atomic mass is 10.00. The van der Waals surface area contributed by atoms with E-state index < -0.39 is 0 Å². The Morgan fingerprint density at radius 3 is 2.69 bits per heavy atom. The molecule has 1 saturated carbocycles. The van der Waals surface area contributed by atoms with Gasteiger partial charge in [0.1, 0.15) is 0 Å². The molecule has 1 fully saturated rings. The van der Waals surface area contributed by atoms with E-state index in [1.807, 2.05) is 0 Å². The van der Waals surface area contributed by atoms with E-state index in [2.05, 4.69) is 38.1 Å². The van der Waals surface area contributed by atoms with Crippen molar-refractivity contribution in [2.45, 2.75) is 39.0 Å². The summed E-state index contributed by atoms with van der Waals surface area (Å²) in [6, 6.07) is 9.15. The topological polar surface area (TPSA) is 0 Å². The summed E-state index contributed by atoms with van der Waals surface area (Å²) in [5.41, 5.74) is 3.08. The maximum atomic E-state index is 2.40. The van der Waals surface area contributed by atoms with Crippen LogP contribution >= 0.6 is 0 Å². The molecule has 0 unspecified atom stereocenters. The highest BCUT2D eigenvalue weighted by Gasteiger charge is 2.23. The van der Waals surface area contributed by atoms with Crippen LogP contribution in [0.4, 0.5) is 0 Å². The predicted molar refractivity (Wildman–Crippen MR) is 57.0 cm³/mol. The molecule has 0 heteroatoms. The summed E-state index contributed by atoms with van der Waals surface area (Å²) in [7, 11) is 0. The fourth-order valence-electron chi connectivity index (χ4n) is 1.86. The lowest BCUT2D eigenvalue weighted by Gasteiger charge is -2.06. The maximum absolute atomic E-state index is 2.40. The molecular formula is C13H18. The average Bonchev–Trinajstić information content (AvgIpc) is 2.85. The zero-order valence-electron chi connectivity index (χ0n) is 8.59. The number of hydrogen-bond donors (Lipinski definition) is 0. The molecule has 0 bridgehead atoms. The first-order chi connectivity index (χ1) is 6.25. The van der Waals surface area contributed by atoms with Crippen LogP contribution in [0.2, 0.25) is 0 Å². The van der Waals surface area contributed by atoms with E-state index >= 15 is 0 Å². The minimum atomic E-state index is 0.773. The van der Waals surface area contributed by atoms with Gasteiger partial charge < -0.3 is 0 Å². The van der Waals surface area contributed by atoms with E-state index in [4.69, 9.17) is 0 Å². The van der Waals surface area contributed by atoms with Crippen molar-refractivity contribution in [1.29, 1.82) is 0 Å². The molecule has 2 rings (SSSR count). The van der Waals surface area contributed by atoms with E-state index in [0.717, 1.165) is 11.8 Å². The van der Waals surface area contributed by atoms with Crippen molar-refractivity contribution in [2.75, 3.05) is 0 Å². The van der Waals surface area contributed by atoms with Gasteiger partial charge >= 0.3 is 0 Å². The Morgan fingerprint density at radius 2 is 2.08 bits per heavy atom. The second-order valence-electron chi connectivity index (χ2n) is 4.62. The molecule has 1 aliphatic rings. The van der Waals surface area contributed by atoms with Crippen LogP contribution in [0, 0.1) is 5.92 Å². The lowest BCUT2D eigenvalue weighted by Crippen LogP contribution is -1.94. The van der Waals surface area contributed by atoms with Crippen molar-refractivity contribution >= 4 is 0 Å². The quantitative estimate of drug-likeness (QED) is 0.654. The van der Waals surface area contributed by atoms with Gasteiger partial charge in [-0.25, -0.2) is 0 Å². The molecule has 13 heavy (non-hydrogen) atoms. The van der Waals surface area contributed by atoms with Gasteiger partial charge in [0.25, 0.3) is 0 Å². The molecule has 0 radical (unpaired) electrons. The third kappa shape index (κ3) is 2.33. The van der Waals surface area contributed by atoms with E-state index in [-0.39, 0.29) is 0 Å². The van der Waals surface area contributed by atoms with Crippen LogP contribution < -0.4 is 0 Å². The Hall–Kier alpha value is -0.780. The first-order valence-electron chi connectivity index (χ1n) is 5.34. The molecule has 0 amide bonds. The summed E-state index contributed by atoms with van der Waals surface area (Å²) in [6.45, 7) is 4.56. The normalized spacial score (nSPS) is 16.5. The molecule has 0 saturated heterocycles. The largest absolute Gasteiger partial charge is 0.0625 e. The van der Waals surface area contributed by atoms with Crippen LogP contribution in [0.1, 0.15) is 43.7 Å². The Kier molecular flexibility index (Phi) is 2.39. The maximum Gasteiger partial charge on any atom is -0.0161 e. The van der Waals surface area contributed by atoms with Gasteiger partial charge in [-0.05, 0) is 42.2 Å². The average molecular weight is 174 g/mol. The fraction of sp³-hybridized carbons (Fsp3) is 0.538. The van der Waals surface area contributed by atoms with Gasteiger partial charge in [-0.15, -0.1) is 0 Å². The molecule has 70 valence electrons. The molecule has 0 nitrogen and oxygen atoms in total. The lowest BCUT2D eigenvalue weighted by molar-refractivity contribution is 0.647. The van der Waals surface area contributed by atoms with Crippen LogP contribution in [0.3, 0.4) is 0 Å². The Labute approximate surface area is 81.0 Å². The minimum absolute atomic E-state index is 0.773. The zero-order chi connectivity index (χ0) is 9.26. The summed E-state index contributed by atoms with van der Waals surface area (Å²) in [6.07, 6.45) is 4.04. The van der Waals surface area contributed by atoms with Crippen molar-refractivity contribution in [1.82, 2.24) is 0 Å². The molecule has 0 aromatic heterocycles. The van der Waals surface area contributed by atoms with E-state index in [9.17, 15) is 0 Å². The van der Waals surface area contributed by atoms with Crippen LogP contribution in [0.15, 0.2) is 24.3 Å². The first-order valence-corrected chi connectivity index (χ1v) is 5.34. The number of benzene rings is 1. The van der Waals surface area contributed by atoms with Crippen LogP contribution in [0.25, 0.3) is 0 Å². The second kappa shape index (κ2) is 3.53. The highest BCUT2D eigenvalue weighted by atomic mass is 14.3. The predicted octanol–water partition coefficient (Wildman–Crippen LogP) is 3.76. The minimum Gasteiger partial charge on any atom is -0.0625 e. The van der Waals surface area contributed by atoms with E-state index in [1.165, 1.54) is 24.8 Å². The van der Waals surface area contributed by atoms with Crippen molar-refractivity contribution < 1.29 is 0 Å². The Balaban J connectivity index is 2.12. The van der Waals surface area contributed by atoms with E-state index in [1.54, 1.807) is 5.56 Å². The van der Waals surface area contributed by atoms with Gasteiger partial charge in [-0.1, -0.05) is 38.1 Å². The van der Waals surface area contributed by atoms with Gasteiger partial charge in [-0.3, -0.25) is 0 Å². The molecule has 0 spiro atoms. The van der Waals surface area contributed by atoms with Crippen molar-refractivity contribution in [3.05, 3.63) is 35.4 Å². The van der Waals surface area contributed by atoms with Crippen LogP contribution in [-0.4, -0.2) is 0 Å². The standard InChI is InChI=1S/C13H18/c1-10(2)8-11-4-3-5-13(9-11)12-6-7-12/h3-5,9-10,12H,6-8H2,1-2H3. The molecule has 0 aliphatic heterocycles. The van der Waals surface area contributed by atoms with Gasteiger partial charge in [0.2, 0.25) is 0 Å². The molecule has 1 aromatic rings. The van der Waals surface area contributed by atoms with Crippen LogP contribution in [0.5, 0.6) is 0 Å². The van der Waals surface area contributed by atoms with Gasteiger partial charge in [-0.2, -0.15) is 0 Å². The third-order valence-corrected chi connectivity index (χ3v) is 2.64. The highest BCUT2D eigenvalue weighted by molar-refractivity contribution is 5.29. The van der Waals surface area contributed by atoms with Crippen molar-refractivity contribution in [3.63, 3.8) is 0 Å². The molecule has 0 N–H and O–H groups in total. The summed E-state index contributed by atoms with van der Waals surface area (Å²) in [5.74, 6) is 1.67. The monoisotopic (exact) mass is 174 g/mol. The molecule has 0 heterocycles. The molecular weight excluding hydrogens is 156 g/mol. The van der Waals surface area contributed by atoms with Gasteiger partial charge in [0.05, 0.1) is 0 Å². The Morgan fingerprint density at radius 1 is 1.31 bits per heavy atom. The van der Waals surface area contributed by atoms with Crippen LogP contribution in [-0.2, 0) is 6.42 Å². The van der Waals surface area contributed by atoms with E-state index in [0.29, 0.717) is 0 Å². The summed E-state index contributed by atoms with van der Waals surface area (Å²) < 4.78 is 0. The summed E-state index contributed by atoms with van der Waals surface area (Å²) in [5, 5.41) is 0. The second-order valence-corrected chi connectivity index (χ2v) is 4.62. The number of hydrogen-bond acceptors (Lipinski definition) is 0. The summed E-state index contributed by atoms with van der Waals surface area (Å²) in [4.78, 5) is 0. The van der Waals surface area contributed by atoms with Crippen molar-refractivity contribution in [2.24, 2.45) is 5.92 Å².